The molecular formula is C17H33N3O4S. The van der Waals surface area contributed by atoms with E-state index in [0.717, 1.165) is 5.69 Å². The molecule has 0 aliphatic rings. The van der Waals surface area contributed by atoms with Crippen LogP contribution in [0.2, 0.25) is 0 Å². The fraction of sp³-hybridized carbons (Fsp3) is 0.529. The van der Waals surface area contributed by atoms with E-state index in [2.05, 4.69) is 4.28 Å². The Labute approximate surface area is 155 Å². The second kappa shape index (κ2) is 18.4. The lowest BCUT2D eigenvalue weighted by Gasteiger charge is -2.21. The lowest BCUT2D eigenvalue weighted by atomic mass is 10.3. The number of para-hydroxylation sites is 1. The summed E-state index contributed by atoms with van der Waals surface area (Å²) in [5, 5.41) is 0. The summed E-state index contributed by atoms with van der Waals surface area (Å²) in [5.41, 5.74) is 2.81. The van der Waals surface area contributed by atoms with E-state index in [-0.39, 0.29) is 11.9 Å². The first kappa shape index (κ1) is 27.9. The van der Waals surface area contributed by atoms with Crippen LogP contribution in [0.15, 0.2) is 30.3 Å². The maximum absolute atomic E-state index is 11.5. The smallest absolute Gasteiger partial charge is 0.323 e. The van der Waals surface area contributed by atoms with Crippen molar-refractivity contribution in [3.63, 3.8) is 0 Å². The van der Waals surface area contributed by atoms with Gasteiger partial charge in [-0.3, -0.25) is 9.69 Å². The molecule has 7 nitrogen and oxygen atoms in total. The first-order valence-electron chi connectivity index (χ1n) is 8.03. The Bertz CT molecular complexity index is 468. The quantitative estimate of drug-likeness (QED) is 0.823. The molecule has 0 spiro atoms. The van der Waals surface area contributed by atoms with Crippen LogP contribution < -0.4 is 10.4 Å². The van der Waals surface area contributed by atoms with E-state index < -0.39 is 11.1 Å². The number of carbonyl (C=O) groups is 2. The van der Waals surface area contributed by atoms with Crippen molar-refractivity contribution in [1.29, 1.82) is 0 Å². The zero-order valence-corrected chi connectivity index (χ0v) is 17.6. The summed E-state index contributed by atoms with van der Waals surface area (Å²) in [6, 6.07) is 9.54. The summed E-state index contributed by atoms with van der Waals surface area (Å²) in [5.74, 6) is -0.361. The molecule has 0 radical (unpaired) electrons. The molecular weight excluding hydrogens is 342 g/mol. The number of rotatable bonds is 3. The van der Waals surface area contributed by atoms with Crippen molar-refractivity contribution in [3.8, 4) is 0 Å². The molecule has 1 N–H and O–H groups in total. The molecule has 1 atom stereocenters. The molecule has 1 unspecified atom stereocenters. The van der Waals surface area contributed by atoms with E-state index in [1.54, 1.807) is 30.9 Å². The van der Waals surface area contributed by atoms with Gasteiger partial charge in [-0.2, -0.15) is 4.28 Å². The van der Waals surface area contributed by atoms with Crippen molar-refractivity contribution in [3.05, 3.63) is 30.3 Å². The number of urea groups is 1. The highest BCUT2D eigenvalue weighted by atomic mass is 32.2. The zero-order valence-electron chi connectivity index (χ0n) is 16.8. The lowest BCUT2D eigenvalue weighted by molar-refractivity contribution is -0.124. The Morgan fingerprint density at radius 3 is 1.72 bits per heavy atom. The third kappa shape index (κ3) is 16.7. The van der Waals surface area contributed by atoms with E-state index in [4.69, 9.17) is 0 Å². The fourth-order valence-corrected chi connectivity index (χ4v) is 1.41. The summed E-state index contributed by atoms with van der Waals surface area (Å²) in [6.45, 7) is 9.27. The van der Waals surface area contributed by atoms with E-state index >= 15 is 0 Å². The molecule has 8 heteroatoms. The molecule has 25 heavy (non-hydrogen) atoms. The van der Waals surface area contributed by atoms with E-state index in [0.29, 0.717) is 0 Å². The summed E-state index contributed by atoms with van der Waals surface area (Å²) in [6.07, 6.45) is 1.32. The second-order valence-corrected chi connectivity index (χ2v) is 5.18. The van der Waals surface area contributed by atoms with Gasteiger partial charge in [-0.1, -0.05) is 45.9 Å². The van der Waals surface area contributed by atoms with Gasteiger partial charge in [0.25, 0.3) is 0 Å². The third-order valence-electron chi connectivity index (χ3n) is 2.12. The average molecular weight is 376 g/mol. The van der Waals surface area contributed by atoms with Crippen LogP contribution in [0, 0.1) is 0 Å². The summed E-state index contributed by atoms with van der Waals surface area (Å²) in [7, 11) is 5.24. The van der Waals surface area contributed by atoms with Gasteiger partial charge in [-0.15, -0.1) is 0 Å². The number of amides is 3. The van der Waals surface area contributed by atoms with Crippen molar-refractivity contribution in [2.75, 3.05) is 32.3 Å². The van der Waals surface area contributed by atoms with Crippen LogP contribution in [0.5, 0.6) is 0 Å². The normalized spacial score (nSPS) is 9.48. The Morgan fingerprint density at radius 2 is 1.44 bits per heavy atom. The van der Waals surface area contributed by atoms with Crippen molar-refractivity contribution >= 4 is 28.7 Å². The molecule has 3 amide bonds. The minimum atomic E-state index is -1.42. The first-order valence-corrected chi connectivity index (χ1v) is 9.51. The largest absolute Gasteiger partial charge is 0.330 e. The van der Waals surface area contributed by atoms with Crippen molar-refractivity contribution in [2.24, 2.45) is 0 Å². The van der Waals surface area contributed by atoms with Crippen LogP contribution in [-0.2, 0) is 20.2 Å². The molecule has 0 aromatic heterocycles. The minimum Gasteiger partial charge on any atom is -0.330 e. The fourth-order valence-electron chi connectivity index (χ4n) is 1.18. The minimum absolute atomic E-state index is 0.0220. The van der Waals surface area contributed by atoms with Crippen LogP contribution in [-0.4, -0.2) is 48.4 Å². The van der Waals surface area contributed by atoms with Gasteiger partial charge in [0.15, 0.2) is 11.1 Å². The summed E-state index contributed by atoms with van der Waals surface area (Å²) < 4.78 is 14.2. The number of nitrogens with one attached hydrogen (secondary N) is 1. The number of hydroxylamine groups is 1. The van der Waals surface area contributed by atoms with Gasteiger partial charge < -0.3 is 4.90 Å². The van der Waals surface area contributed by atoms with Crippen molar-refractivity contribution in [1.82, 2.24) is 10.4 Å². The second-order valence-electron chi connectivity index (χ2n) is 4.21. The number of benzene rings is 1. The van der Waals surface area contributed by atoms with E-state index in [1.807, 2.05) is 63.5 Å². The molecule has 1 aromatic carbocycles. The molecule has 0 saturated heterocycles. The standard InChI is InChI=1S/C10H14N2O.C3H7NO3S.2C2H6/c1-11(2)10(13)12(3)9-7-5-4-6-8-9;1-3(5)4-7-8(2)6;2*1-2/h4-8H,1-3H3;1-2H3,(H,4,5);2*1-2H3. The highest BCUT2D eigenvalue weighted by Crippen LogP contribution is 2.11. The Balaban J connectivity index is -0.000000348. The molecule has 0 aliphatic carbocycles. The topological polar surface area (TPSA) is 79.0 Å². The van der Waals surface area contributed by atoms with Crippen LogP contribution in [0.4, 0.5) is 10.5 Å². The molecule has 1 rings (SSSR count). The monoisotopic (exact) mass is 375 g/mol. The van der Waals surface area contributed by atoms with Gasteiger partial charge in [0.05, 0.1) is 0 Å². The highest BCUT2D eigenvalue weighted by Gasteiger charge is 2.11. The van der Waals surface area contributed by atoms with Crippen molar-refractivity contribution in [2.45, 2.75) is 34.6 Å². The van der Waals surface area contributed by atoms with Gasteiger partial charge in [0.1, 0.15) is 0 Å². The molecule has 0 fully saturated rings. The van der Waals surface area contributed by atoms with Gasteiger partial charge >= 0.3 is 6.03 Å². The zero-order chi connectivity index (χ0) is 20.4. The lowest BCUT2D eigenvalue weighted by Crippen LogP contribution is -2.36. The van der Waals surface area contributed by atoms with E-state index in [1.165, 1.54) is 13.2 Å². The number of anilines is 1. The molecule has 0 saturated carbocycles. The third-order valence-corrected chi connectivity index (χ3v) is 2.43. The first-order chi connectivity index (χ1) is 11.8. The molecule has 1 aromatic rings. The predicted molar refractivity (Wildman–Crippen MR) is 106 cm³/mol. The number of carbonyl (C=O) groups excluding carboxylic acids is 2. The van der Waals surface area contributed by atoms with Gasteiger partial charge in [-0.25, -0.2) is 14.5 Å². The van der Waals surface area contributed by atoms with Crippen LogP contribution >= 0.6 is 0 Å². The average Bonchev–Trinajstić information content (AvgIpc) is 2.63. The maximum atomic E-state index is 11.5. The molecule has 0 heterocycles. The number of hydrogen-bond acceptors (Lipinski definition) is 4. The molecule has 0 bridgehead atoms. The highest BCUT2D eigenvalue weighted by molar-refractivity contribution is 7.79. The Morgan fingerprint density at radius 1 is 1.00 bits per heavy atom. The Hall–Kier alpha value is -1.93. The summed E-state index contributed by atoms with van der Waals surface area (Å²) in [4.78, 5) is 24.6. The summed E-state index contributed by atoms with van der Waals surface area (Å²) >= 11 is -1.42. The van der Waals surface area contributed by atoms with Crippen LogP contribution in [0.25, 0.3) is 0 Å². The maximum Gasteiger partial charge on any atom is 0.323 e. The number of nitrogens with zero attached hydrogens (tertiary/aromatic N) is 2. The van der Waals surface area contributed by atoms with Gasteiger partial charge in [0.2, 0.25) is 5.91 Å². The molecule has 0 aliphatic heterocycles. The van der Waals surface area contributed by atoms with Crippen LogP contribution in [0.3, 0.4) is 0 Å². The van der Waals surface area contributed by atoms with Gasteiger partial charge in [0, 0.05) is 40.0 Å². The van der Waals surface area contributed by atoms with Crippen LogP contribution in [0.1, 0.15) is 34.6 Å². The number of hydrogen-bond donors (Lipinski definition) is 1. The SMILES string of the molecule is CC.CC.CC(=O)NOS(C)=O.CN(C)C(=O)N(C)c1ccccc1. The molecule has 146 valence electrons. The Kier molecular flexibility index (Phi) is 20.5. The predicted octanol–water partition coefficient (Wildman–Crippen LogP) is 3.20. The van der Waals surface area contributed by atoms with Crippen molar-refractivity contribution < 1.29 is 18.1 Å². The van der Waals surface area contributed by atoms with E-state index in [9.17, 15) is 13.8 Å². The van der Waals surface area contributed by atoms with Gasteiger partial charge in [-0.05, 0) is 12.1 Å².